The molecule has 0 N–H and O–H groups in total. The van der Waals surface area contributed by atoms with Gasteiger partial charge in [-0.05, 0) is 29.5 Å². The molecule has 1 fully saturated rings. The van der Waals surface area contributed by atoms with Crippen LogP contribution in [0.25, 0.3) is 0 Å². The van der Waals surface area contributed by atoms with Crippen molar-refractivity contribution < 1.29 is 14.3 Å². The third-order valence-corrected chi connectivity index (χ3v) is 4.36. The molecule has 0 radical (unpaired) electrons. The number of hydrogen-bond donors (Lipinski definition) is 0. The lowest BCUT2D eigenvalue weighted by Crippen LogP contribution is -2.27. The number of carbonyl (C=O) groups excluding carboxylic acids is 1. The molecule has 1 amide bonds. The largest absolute Gasteiger partial charge is 0.441 e. The van der Waals surface area contributed by atoms with E-state index in [2.05, 4.69) is 39.0 Å². The first-order valence-electron chi connectivity index (χ1n) is 8.47. The summed E-state index contributed by atoms with van der Waals surface area (Å²) in [6.07, 6.45) is 6.88. The monoisotopic (exact) mass is 327 g/mol. The van der Waals surface area contributed by atoms with Crippen LogP contribution < -0.4 is 4.90 Å². The number of ether oxygens (including phenoxy) is 2. The second kappa shape index (κ2) is 6.81. The van der Waals surface area contributed by atoms with Crippen LogP contribution in [-0.4, -0.2) is 31.5 Å². The molecule has 1 aliphatic carbocycles. The maximum atomic E-state index is 12.0. The van der Waals surface area contributed by atoms with E-state index in [1.54, 1.807) is 4.90 Å². The fraction of sp³-hybridized carbons (Fsp3) is 0.450. The van der Waals surface area contributed by atoms with Gasteiger partial charge < -0.3 is 9.47 Å². The average molecular weight is 327 g/mol. The van der Waals surface area contributed by atoms with Gasteiger partial charge in [0.2, 0.25) is 0 Å². The molecule has 0 aromatic heterocycles. The van der Waals surface area contributed by atoms with Gasteiger partial charge in [-0.2, -0.15) is 0 Å². The maximum Gasteiger partial charge on any atom is 0.414 e. The lowest BCUT2D eigenvalue weighted by molar-refractivity contribution is 0.0198. The standard InChI is InChI=1S/C20H25NO3/c1-20(2,3)15-9-11-17(12-10-15)23-14-18-13-21(19(22)24-18)16-7-5-4-6-8-16/h4-11,17-18H,12-14H2,1-3H3. The summed E-state index contributed by atoms with van der Waals surface area (Å²) in [5.41, 5.74) is 2.36. The van der Waals surface area contributed by atoms with Crippen LogP contribution in [0.3, 0.4) is 0 Å². The van der Waals surface area contributed by atoms with Crippen LogP contribution in [0.4, 0.5) is 10.5 Å². The van der Waals surface area contributed by atoms with Gasteiger partial charge >= 0.3 is 6.09 Å². The lowest BCUT2D eigenvalue weighted by atomic mass is 9.83. The molecule has 0 saturated carbocycles. The Kier molecular flexibility index (Phi) is 4.76. The van der Waals surface area contributed by atoms with Crippen molar-refractivity contribution in [1.82, 2.24) is 0 Å². The van der Waals surface area contributed by atoms with Crippen LogP contribution in [0.15, 0.2) is 54.1 Å². The van der Waals surface area contributed by atoms with Gasteiger partial charge in [0.05, 0.1) is 19.3 Å². The molecule has 2 aliphatic rings. The van der Waals surface area contributed by atoms with Crippen molar-refractivity contribution in [3.63, 3.8) is 0 Å². The van der Waals surface area contributed by atoms with Crippen LogP contribution in [0.2, 0.25) is 0 Å². The summed E-state index contributed by atoms with van der Waals surface area (Å²) in [5.74, 6) is 0. The molecule has 3 rings (SSSR count). The Morgan fingerprint density at radius 3 is 2.62 bits per heavy atom. The smallest absolute Gasteiger partial charge is 0.414 e. The van der Waals surface area contributed by atoms with Gasteiger partial charge in [0.25, 0.3) is 0 Å². The van der Waals surface area contributed by atoms with Crippen molar-refractivity contribution in [2.75, 3.05) is 18.1 Å². The fourth-order valence-electron chi connectivity index (χ4n) is 2.94. The van der Waals surface area contributed by atoms with E-state index >= 15 is 0 Å². The van der Waals surface area contributed by atoms with Gasteiger partial charge in [-0.15, -0.1) is 0 Å². The minimum atomic E-state index is -0.302. The van der Waals surface area contributed by atoms with Crippen molar-refractivity contribution in [1.29, 1.82) is 0 Å². The Morgan fingerprint density at radius 1 is 1.25 bits per heavy atom. The van der Waals surface area contributed by atoms with E-state index in [1.165, 1.54) is 5.57 Å². The molecule has 1 aliphatic heterocycles. The van der Waals surface area contributed by atoms with E-state index in [1.807, 2.05) is 30.3 Å². The number of para-hydroxylation sites is 1. The zero-order valence-electron chi connectivity index (χ0n) is 14.6. The first-order valence-corrected chi connectivity index (χ1v) is 8.47. The number of nitrogens with zero attached hydrogens (tertiary/aromatic N) is 1. The number of anilines is 1. The molecule has 4 nitrogen and oxygen atoms in total. The summed E-state index contributed by atoms with van der Waals surface area (Å²) >= 11 is 0. The first kappa shape index (κ1) is 16.8. The first-order chi connectivity index (χ1) is 11.4. The minimum absolute atomic E-state index is 0.0561. The molecule has 0 bridgehead atoms. The topological polar surface area (TPSA) is 38.8 Å². The van der Waals surface area contributed by atoms with Crippen LogP contribution >= 0.6 is 0 Å². The van der Waals surface area contributed by atoms with E-state index in [-0.39, 0.29) is 23.7 Å². The summed E-state index contributed by atoms with van der Waals surface area (Å²) in [5, 5.41) is 0. The summed E-state index contributed by atoms with van der Waals surface area (Å²) in [7, 11) is 0. The van der Waals surface area contributed by atoms with Crippen molar-refractivity contribution in [2.24, 2.45) is 5.41 Å². The molecule has 128 valence electrons. The average Bonchev–Trinajstić information content (AvgIpc) is 2.94. The number of amides is 1. The van der Waals surface area contributed by atoms with Gasteiger partial charge in [-0.25, -0.2) is 4.79 Å². The van der Waals surface area contributed by atoms with Crippen molar-refractivity contribution in [3.05, 3.63) is 54.1 Å². The SMILES string of the molecule is CC(C)(C)C1=CCC(OCC2CN(c3ccccc3)C(=O)O2)C=C1. The molecule has 2 atom stereocenters. The summed E-state index contributed by atoms with van der Waals surface area (Å²) < 4.78 is 11.3. The molecule has 1 saturated heterocycles. The second-order valence-electron chi connectivity index (χ2n) is 7.33. The molecule has 1 heterocycles. The van der Waals surface area contributed by atoms with E-state index in [4.69, 9.17) is 9.47 Å². The predicted molar refractivity (Wildman–Crippen MR) is 95.1 cm³/mol. The molecule has 2 unspecified atom stereocenters. The Bertz CT molecular complexity index is 643. The van der Waals surface area contributed by atoms with Gasteiger partial charge in [0.1, 0.15) is 6.10 Å². The number of rotatable bonds is 4. The molecule has 24 heavy (non-hydrogen) atoms. The van der Waals surface area contributed by atoms with Gasteiger partial charge in [0.15, 0.2) is 0 Å². The Labute approximate surface area is 143 Å². The molecule has 4 heteroatoms. The molecular formula is C20H25NO3. The predicted octanol–water partition coefficient (Wildman–Crippen LogP) is 4.33. The lowest BCUT2D eigenvalue weighted by Gasteiger charge is -2.25. The molecule has 1 aromatic carbocycles. The molecule has 0 spiro atoms. The van der Waals surface area contributed by atoms with Crippen molar-refractivity contribution >= 4 is 11.8 Å². The van der Waals surface area contributed by atoms with Crippen LogP contribution in [0.1, 0.15) is 27.2 Å². The number of allylic oxidation sites excluding steroid dienone is 2. The van der Waals surface area contributed by atoms with E-state index < -0.39 is 0 Å². The van der Waals surface area contributed by atoms with Crippen LogP contribution in [0, 0.1) is 5.41 Å². The number of carbonyl (C=O) groups is 1. The number of cyclic esters (lactones) is 1. The van der Waals surface area contributed by atoms with Gasteiger partial charge in [-0.3, -0.25) is 4.90 Å². The van der Waals surface area contributed by atoms with Gasteiger partial charge in [0, 0.05) is 5.69 Å². The zero-order valence-corrected chi connectivity index (χ0v) is 14.6. The third kappa shape index (κ3) is 3.88. The quantitative estimate of drug-likeness (QED) is 0.826. The van der Waals surface area contributed by atoms with E-state index in [9.17, 15) is 4.79 Å². The summed E-state index contributed by atoms with van der Waals surface area (Å²) in [6.45, 7) is 7.58. The Hall–Kier alpha value is -2.07. The highest BCUT2D eigenvalue weighted by atomic mass is 16.6. The van der Waals surface area contributed by atoms with Gasteiger partial charge in [-0.1, -0.05) is 57.2 Å². The highest BCUT2D eigenvalue weighted by Gasteiger charge is 2.32. The van der Waals surface area contributed by atoms with Crippen molar-refractivity contribution in [2.45, 2.75) is 39.4 Å². The summed E-state index contributed by atoms with van der Waals surface area (Å²) in [6, 6.07) is 9.58. The second-order valence-corrected chi connectivity index (χ2v) is 7.33. The normalized spacial score (nSPS) is 24.0. The minimum Gasteiger partial charge on any atom is -0.441 e. The Morgan fingerprint density at radius 2 is 2.00 bits per heavy atom. The van der Waals surface area contributed by atoms with Crippen molar-refractivity contribution in [3.8, 4) is 0 Å². The maximum absolute atomic E-state index is 12.0. The molecule has 1 aromatic rings. The Balaban J connectivity index is 1.50. The van der Waals surface area contributed by atoms with Crippen LogP contribution in [0.5, 0.6) is 0 Å². The van der Waals surface area contributed by atoms with E-state index in [0.717, 1.165) is 12.1 Å². The highest BCUT2D eigenvalue weighted by Crippen LogP contribution is 2.30. The zero-order chi connectivity index (χ0) is 17.2. The third-order valence-electron chi connectivity index (χ3n) is 4.36. The molecular weight excluding hydrogens is 302 g/mol. The summed E-state index contributed by atoms with van der Waals surface area (Å²) in [4.78, 5) is 13.7. The highest BCUT2D eigenvalue weighted by molar-refractivity contribution is 5.89. The number of hydrogen-bond acceptors (Lipinski definition) is 3. The van der Waals surface area contributed by atoms with E-state index in [0.29, 0.717) is 13.2 Å². The number of benzene rings is 1. The fourth-order valence-corrected chi connectivity index (χ4v) is 2.94. The van der Waals surface area contributed by atoms with Crippen LogP contribution in [-0.2, 0) is 9.47 Å².